The molecule has 0 radical (unpaired) electrons. The summed E-state index contributed by atoms with van der Waals surface area (Å²) >= 11 is 6.34. The number of nitrogens with one attached hydrogen (secondary N) is 1. The maximum Gasteiger partial charge on any atom is 0.309 e. The lowest BCUT2D eigenvalue weighted by Crippen LogP contribution is -2.46. The van der Waals surface area contributed by atoms with Crippen molar-refractivity contribution in [1.82, 2.24) is 10.2 Å². The summed E-state index contributed by atoms with van der Waals surface area (Å²) in [5, 5.41) is 3.88. The lowest BCUT2D eigenvalue weighted by molar-refractivity contribution is -0.149. The molecule has 164 valence electrons. The Morgan fingerprint density at radius 3 is 2.52 bits per heavy atom. The van der Waals surface area contributed by atoms with Gasteiger partial charge in [0.15, 0.2) is 17.5 Å². The van der Waals surface area contributed by atoms with Crippen molar-refractivity contribution >= 4 is 47.5 Å². The Morgan fingerprint density at radius 1 is 1.28 bits per heavy atom. The first-order valence-electron chi connectivity index (χ1n) is 9.65. The molecule has 0 amide bonds. The van der Waals surface area contributed by atoms with Crippen molar-refractivity contribution in [1.29, 1.82) is 0 Å². The predicted molar refractivity (Wildman–Crippen MR) is 126 cm³/mol. The molecule has 7 nitrogen and oxygen atoms in total. The molecule has 0 saturated carbocycles. The number of ether oxygens (including phenoxy) is 3. The van der Waals surface area contributed by atoms with Crippen LogP contribution in [0.2, 0.25) is 5.02 Å². The van der Waals surface area contributed by atoms with E-state index < -0.39 is 0 Å². The van der Waals surface area contributed by atoms with Crippen LogP contribution < -0.4 is 14.8 Å². The third-order valence-electron chi connectivity index (χ3n) is 4.65. The smallest absolute Gasteiger partial charge is 0.309 e. The quantitative estimate of drug-likeness (QED) is 0.247. The SMILES string of the molecule is CCOC(=O)C1CCN(C(=NC)NCc2cc(Cl)c(OCC)c(OC)c2)CC1.I. The van der Waals surface area contributed by atoms with Gasteiger partial charge in [0.2, 0.25) is 0 Å². The maximum atomic E-state index is 11.9. The van der Waals surface area contributed by atoms with Crippen molar-refractivity contribution in [3.8, 4) is 11.5 Å². The number of esters is 1. The number of benzene rings is 1. The fourth-order valence-electron chi connectivity index (χ4n) is 3.26. The summed E-state index contributed by atoms with van der Waals surface area (Å²) in [4.78, 5) is 18.4. The zero-order valence-corrected chi connectivity index (χ0v) is 20.6. The van der Waals surface area contributed by atoms with Crippen LogP contribution in [0.3, 0.4) is 0 Å². The Morgan fingerprint density at radius 2 is 1.97 bits per heavy atom. The molecule has 0 aromatic heterocycles. The van der Waals surface area contributed by atoms with Crippen molar-refractivity contribution in [3.05, 3.63) is 22.7 Å². The highest BCUT2D eigenvalue weighted by Gasteiger charge is 2.27. The zero-order valence-electron chi connectivity index (χ0n) is 17.5. The van der Waals surface area contributed by atoms with Gasteiger partial charge in [0.05, 0.1) is 31.3 Å². The number of guanidine groups is 1. The molecule has 1 aliphatic rings. The second kappa shape index (κ2) is 13.0. The molecule has 1 heterocycles. The number of hydrogen-bond donors (Lipinski definition) is 1. The summed E-state index contributed by atoms with van der Waals surface area (Å²) in [6.45, 7) is 6.75. The molecule has 0 bridgehead atoms. The van der Waals surface area contributed by atoms with Gasteiger partial charge in [0.25, 0.3) is 0 Å². The normalized spacial score (nSPS) is 14.8. The molecule has 1 N–H and O–H groups in total. The van der Waals surface area contributed by atoms with Crippen LogP contribution in [0.25, 0.3) is 0 Å². The van der Waals surface area contributed by atoms with E-state index in [4.69, 9.17) is 25.8 Å². The number of piperidine rings is 1. The highest BCUT2D eigenvalue weighted by Crippen LogP contribution is 2.36. The molecular formula is C20H31ClIN3O4. The first-order chi connectivity index (χ1) is 13.5. The van der Waals surface area contributed by atoms with E-state index in [1.807, 2.05) is 26.0 Å². The number of hydrogen-bond acceptors (Lipinski definition) is 5. The maximum absolute atomic E-state index is 11.9. The van der Waals surface area contributed by atoms with Gasteiger partial charge < -0.3 is 24.4 Å². The first kappa shape index (κ1) is 25.6. The molecule has 0 aliphatic carbocycles. The van der Waals surface area contributed by atoms with Gasteiger partial charge in [0, 0.05) is 26.7 Å². The predicted octanol–water partition coefficient (Wildman–Crippen LogP) is 3.72. The van der Waals surface area contributed by atoms with E-state index in [2.05, 4.69) is 15.2 Å². The minimum atomic E-state index is -0.0961. The molecule has 0 unspecified atom stereocenters. The van der Waals surface area contributed by atoms with Gasteiger partial charge >= 0.3 is 5.97 Å². The van der Waals surface area contributed by atoms with Crippen LogP contribution in [-0.2, 0) is 16.1 Å². The lowest BCUT2D eigenvalue weighted by Gasteiger charge is -2.33. The summed E-state index contributed by atoms with van der Waals surface area (Å²) < 4.78 is 16.1. The minimum Gasteiger partial charge on any atom is -0.493 e. The number of aliphatic imine (C=N–C) groups is 1. The van der Waals surface area contributed by atoms with Gasteiger partial charge in [-0.2, -0.15) is 0 Å². The van der Waals surface area contributed by atoms with E-state index in [0.29, 0.717) is 36.3 Å². The van der Waals surface area contributed by atoms with E-state index >= 15 is 0 Å². The van der Waals surface area contributed by atoms with Crippen molar-refractivity contribution in [2.45, 2.75) is 33.2 Å². The highest BCUT2D eigenvalue weighted by molar-refractivity contribution is 14.0. The second-order valence-corrected chi connectivity index (χ2v) is 6.86. The fraction of sp³-hybridized carbons (Fsp3) is 0.600. The number of nitrogens with zero attached hydrogens (tertiary/aromatic N) is 2. The lowest BCUT2D eigenvalue weighted by atomic mass is 9.97. The van der Waals surface area contributed by atoms with Gasteiger partial charge in [-0.15, -0.1) is 24.0 Å². The number of likely N-dealkylation sites (tertiary alicyclic amines) is 1. The van der Waals surface area contributed by atoms with Gasteiger partial charge in [-0.25, -0.2) is 0 Å². The fourth-order valence-corrected chi connectivity index (χ4v) is 3.55. The molecule has 1 aromatic rings. The third kappa shape index (κ3) is 7.09. The monoisotopic (exact) mass is 539 g/mol. The Bertz CT molecular complexity index is 695. The van der Waals surface area contributed by atoms with Gasteiger partial charge in [-0.1, -0.05) is 11.6 Å². The molecular weight excluding hydrogens is 509 g/mol. The second-order valence-electron chi connectivity index (χ2n) is 6.46. The van der Waals surface area contributed by atoms with Gasteiger partial charge in [-0.3, -0.25) is 9.79 Å². The van der Waals surface area contributed by atoms with E-state index in [0.717, 1.165) is 37.5 Å². The first-order valence-corrected chi connectivity index (χ1v) is 10.0. The van der Waals surface area contributed by atoms with Crippen LogP contribution in [0.4, 0.5) is 0 Å². The average Bonchev–Trinajstić information content (AvgIpc) is 2.70. The summed E-state index contributed by atoms with van der Waals surface area (Å²) in [5.74, 6) is 1.84. The largest absolute Gasteiger partial charge is 0.493 e. The molecule has 2 rings (SSSR count). The van der Waals surface area contributed by atoms with Crippen LogP contribution in [0.15, 0.2) is 17.1 Å². The van der Waals surface area contributed by atoms with Crippen molar-refractivity contribution < 1.29 is 19.0 Å². The number of rotatable bonds is 7. The van der Waals surface area contributed by atoms with E-state index in [1.54, 1.807) is 14.2 Å². The van der Waals surface area contributed by atoms with Crippen molar-refractivity contribution in [2.75, 3.05) is 40.5 Å². The number of carbonyl (C=O) groups is 1. The molecule has 1 aliphatic heterocycles. The van der Waals surface area contributed by atoms with Crippen LogP contribution in [0.5, 0.6) is 11.5 Å². The molecule has 1 fully saturated rings. The van der Waals surface area contributed by atoms with E-state index in [9.17, 15) is 4.79 Å². The number of methoxy groups -OCH3 is 1. The molecule has 0 atom stereocenters. The van der Waals surface area contributed by atoms with Gasteiger partial charge in [-0.05, 0) is 44.4 Å². The Labute approximate surface area is 195 Å². The van der Waals surface area contributed by atoms with Crippen LogP contribution in [-0.4, -0.2) is 57.3 Å². The number of halogens is 2. The van der Waals surface area contributed by atoms with Crippen molar-refractivity contribution in [2.24, 2.45) is 10.9 Å². The highest BCUT2D eigenvalue weighted by atomic mass is 127. The van der Waals surface area contributed by atoms with Crippen molar-refractivity contribution in [3.63, 3.8) is 0 Å². The van der Waals surface area contributed by atoms with E-state index in [1.165, 1.54) is 0 Å². The molecule has 1 aromatic carbocycles. The average molecular weight is 540 g/mol. The molecule has 29 heavy (non-hydrogen) atoms. The van der Waals surface area contributed by atoms with E-state index in [-0.39, 0.29) is 35.9 Å². The minimum absolute atomic E-state index is 0. The Balaban J connectivity index is 0.00000420. The standard InChI is InChI=1S/C20H30ClN3O4.HI/c1-5-27-18-16(21)11-14(12-17(18)26-4)13-23-20(22-3)24-9-7-15(8-10-24)19(25)28-6-2;/h11-12,15H,5-10,13H2,1-4H3,(H,22,23);1H. The van der Waals surface area contributed by atoms with Gasteiger partial charge in [0.1, 0.15) is 0 Å². The molecule has 1 saturated heterocycles. The third-order valence-corrected chi connectivity index (χ3v) is 4.94. The molecule has 9 heteroatoms. The summed E-state index contributed by atoms with van der Waals surface area (Å²) in [6, 6.07) is 3.77. The zero-order chi connectivity index (χ0) is 20.5. The van der Waals surface area contributed by atoms with Crippen LogP contribution in [0, 0.1) is 5.92 Å². The number of carbonyl (C=O) groups excluding carboxylic acids is 1. The van der Waals surface area contributed by atoms with Crippen LogP contribution >= 0.6 is 35.6 Å². The Kier molecular flexibility index (Phi) is 11.5. The molecule has 0 spiro atoms. The summed E-state index contributed by atoms with van der Waals surface area (Å²) in [5.41, 5.74) is 0.966. The summed E-state index contributed by atoms with van der Waals surface area (Å²) in [6.07, 6.45) is 1.53. The Hall–Kier alpha value is -1.42. The van der Waals surface area contributed by atoms with Crippen LogP contribution in [0.1, 0.15) is 32.3 Å². The topological polar surface area (TPSA) is 72.4 Å². The summed E-state index contributed by atoms with van der Waals surface area (Å²) in [7, 11) is 3.35.